The van der Waals surface area contributed by atoms with E-state index in [4.69, 9.17) is 9.41 Å². The fraction of sp³-hybridized carbons (Fsp3) is 0.0893. The summed E-state index contributed by atoms with van der Waals surface area (Å²) >= 11 is 0. The Bertz CT molecular complexity index is 3070. The number of rotatable bonds is 7. The molecule has 59 heavy (non-hydrogen) atoms. The Morgan fingerprint density at radius 1 is 0.525 bits per heavy atom. The van der Waals surface area contributed by atoms with Gasteiger partial charge in [0.05, 0.1) is 5.71 Å². The Morgan fingerprint density at radius 2 is 1.19 bits per heavy atom. The minimum absolute atomic E-state index is 0.113. The summed E-state index contributed by atoms with van der Waals surface area (Å²) in [6.07, 6.45) is 19.0. The van der Waals surface area contributed by atoms with Crippen LogP contribution in [0.5, 0.6) is 0 Å². The van der Waals surface area contributed by atoms with Crippen molar-refractivity contribution in [1.82, 2.24) is 5.32 Å². The van der Waals surface area contributed by atoms with Gasteiger partial charge < -0.3 is 9.73 Å². The van der Waals surface area contributed by atoms with Crippen LogP contribution in [0.3, 0.4) is 0 Å². The third-order valence-electron chi connectivity index (χ3n) is 12.1. The summed E-state index contributed by atoms with van der Waals surface area (Å²) in [5.41, 5.74) is 15.9. The molecule has 0 radical (unpaired) electrons. The second-order valence-electron chi connectivity index (χ2n) is 15.7. The molecule has 2 atom stereocenters. The van der Waals surface area contributed by atoms with Gasteiger partial charge in [-0.3, -0.25) is 4.99 Å². The van der Waals surface area contributed by atoms with E-state index in [9.17, 15) is 0 Å². The van der Waals surface area contributed by atoms with Gasteiger partial charge in [0.2, 0.25) is 0 Å². The topological polar surface area (TPSA) is 37.5 Å². The van der Waals surface area contributed by atoms with Crippen LogP contribution in [0.2, 0.25) is 0 Å². The maximum Gasteiger partial charge on any atom is 0.143 e. The first-order valence-electron chi connectivity index (χ1n) is 20.7. The molecule has 7 aromatic carbocycles. The molecule has 8 aromatic rings. The van der Waals surface area contributed by atoms with Crippen LogP contribution in [0.25, 0.3) is 71.8 Å². The largest absolute Gasteiger partial charge is 0.455 e. The Hall–Kier alpha value is -7.23. The molecular weight excluding hydrogens is 717 g/mol. The maximum absolute atomic E-state index is 6.68. The molecule has 0 spiro atoms. The van der Waals surface area contributed by atoms with E-state index in [1.54, 1.807) is 0 Å². The number of nitrogens with zero attached hydrogens (tertiary/aromatic N) is 1. The maximum atomic E-state index is 6.68. The molecule has 1 aromatic heterocycles. The SMILES string of the molecule is C1=CC(c2ccc(C3=CC(c4ccc(-c5cccc6oc7c8ccccc8c(-c8ccccc8)cc7c56)cc4)=NC(C4C=CC(c5ccccc5)=CC4)N3)cc2)=CCC1. The van der Waals surface area contributed by atoms with Gasteiger partial charge in [0.1, 0.15) is 17.3 Å². The number of aliphatic imine (C=N–C) groups is 1. The van der Waals surface area contributed by atoms with Crippen LogP contribution in [0.15, 0.2) is 210 Å². The lowest BCUT2D eigenvalue weighted by Gasteiger charge is -2.30. The highest BCUT2D eigenvalue weighted by Gasteiger charge is 2.26. The minimum Gasteiger partial charge on any atom is -0.455 e. The zero-order valence-corrected chi connectivity index (χ0v) is 32.7. The first-order valence-corrected chi connectivity index (χ1v) is 20.7. The number of hydrogen-bond acceptors (Lipinski definition) is 3. The lowest BCUT2D eigenvalue weighted by Crippen LogP contribution is -2.37. The number of hydrogen-bond donors (Lipinski definition) is 1. The zero-order chi connectivity index (χ0) is 39.1. The molecule has 1 aliphatic heterocycles. The van der Waals surface area contributed by atoms with Crippen molar-refractivity contribution in [3.8, 4) is 22.3 Å². The highest BCUT2D eigenvalue weighted by Crippen LogP contribution is 2.43. The van der Waals surface area contributed by atoms with Crippen LogP contribution < -0.4 is 5.32 Å². The monoisotopic (exact) mass is 758 g/mol. The van der Waals surface area contributed by atoms with E-state index in [0.717, 1.165) is 80.2 Å². The first-order chi connectivity index (χ1) is 29.2. The van der Waals surface area contributed by atoms with Crippen LogP contribution >= 0.6 is 0 Å². The molecule has 2 heterocycles. The van der Waals surface area contributed by atoms with Gasteiger partial charge in [0.15, 0.2) is 0 Å². The predicted molar refractivity (Wildman–Crippen MR) is 248 cm³/mol. The molecule has 282 valence electrons. The van der Waals surface area contributed by atoms with Crippen LogP contribution in [-0.4, -0.2) is 11.9 Å². The number of furan rings is 1. The predicted octanol–water partition coefficient (Wildman–Crippen LogP) is 14.2. The third-order valence-corrected chi connectivity index (χ3v) is 12.1. The molecular formula is C56H42N2O. The lowest BCUT2D eigenvalue weighted by atomic mass is 9.89. The van der Waals surface area contributed by atoms with E-state index in [2.05, 4.69) is 206 Å². The fourth-order valence-corrected chi connectivity index (χ4v) is 9.04. The van der Waals surface area contributed by atoms with Gasteiger partial charge in [-0.1, -0.05) is 182 Å². The summed E-state index contributed by atoms with van der Waals surface area (Å²) in [6, 6.07) is 56.5. The average Bonchev–Trinajstić information content (AvgIpc) is 3.71. The van der Waals surface area contributed by atoms with Gasteiger partial charge in [0.25, 0.3) is 0 Å². The Labute approximate surface area is 344 Å². The Balaban J connectivity index is 0.967. The molecule has 11 rings (SSSR count). The van der Waals surface area contributed by atoms with Crippen molar-refractivity contribution in [2.24, 2.45) is 10.9 Å². The van der Waals surface area contributed by atoms with Crippen LogP contribution in [0.4, 0.5) is 0 Å². The minimum atomic E-state index is -0.113. The molecule has 3 nitrogen and oxygen atoms in total. The Morgan fingerprint density at radius 3 is 1.93 bits per heavy atom. The highest BCUT2D eigenvalue weighted by atomic mass is 16.3. The quantitative estimate of drug-likeness (QED) is 0.176. The summed E-state index contributed by atoms with van der Waals surface area (Å²) < 4.78 is 6.68. The second-order valence-corrected chi connectivity index (χ2v) is 15.7. The summed E-state index contributed by atoms with van der Waals surface area (Å²) in [5.74, 6) is 0.209. The van der Waals surface area contributed by atoms with Gasteiger partial charge in [-0.25, -0.2) is 0 Å². The zero-order valence-electron chi connectivity index (χ0n) is 32.7. The van der Waals surface area contributed by atoms with Gasteiger partial charge >= 0.3 is 0 Å². The average molecular weight is 759 g/mol. The number of nitrogens with one attached hydrogen (secondary N) is 1. The summed E-state index contributed by atoms with van der Waals surface area (Å²) in [4.78, 5) is 5.41. The van der Waals surface area contributed by atoms with Crippen molar-refractivity contribution in [2.75, 3.05) is 0 Å². The molecule has 2 aliphatic carbocycles. The standard InChI is InChI=1S/C56H42N2O/c1-4-13-37(14-5-1)39-23-29-43(30-24-39)51-36-52(58-56(57-51)45-33-25-40(26-34-45)38-15-6-2-7-16-38)44-31-27-42(28-32-44)46-21-12-22-53-54(46)50-35-49(41-17-8-3-9-18-41)47-19-10-11-20-48(47)55(50)59-53/h2-4,6-33,35-36,45,56-57H,1,5,34H2. The molecule has 3 heteroatoms. The van der Waals surface area contributed by atoms with E-state index in [-0.39, 0.29) is 12.1 Å². The van der Waals surface area contributed by atoms with Gasteiger partial charge in [-0.15, -0.1) is 0 Å². The number of fused-ring (bicyclic) bond motifs is 5. The normalized spacial score (nSPS) is 17.7. The van der Waals surface area contributed by atoms with E-state index in [1.807, 2.05) is 0 Å². The van der Waals surface area contributed by atoms with Crippen molar-refractivity contribution in [2.45, 2.75) is 25.4 Å². The van der Waals surface area contributed by atoms with Crippen molar-refractivity contribution >= 4 is 55.3 Å². The van der Waals surface area contributed by atoms with Gasteiger partial charge in [-0.05, 0) is 98.5 Å². The van der Waals surface area contributed by atoms with E-state index < -0.39 is 0 Å². The first kappa shape index (κ1) is 35.0. The molecule has 2 unspecified atom stereocenters. The Kier molecular flexibility index (Phi) is 8.85. The molecule has 0 amide bonds. The van der Waals surface area contributed by atoms with E-state index >= 15 is 0 Å². The van der Waals surface area contributed by atoms with Crippen molar-refractivity contribution in [1.29, 1.82) is 0 Å². The number of allylic oxidation sites excluding steroid dienone is 8. The molecule has 3 aliphatic rings. The highest BCUT2D eigenvalue weighted by molar-refractivity contribution is 6.22. The van der Waals surface area contributed by atoms with Crippen LogP contribution in [-0.2, 0) is 0 Å². The second kappa shape index (κ2) is 14.9. The van der Waals surface area contributed by atoms with Crippen molar-refractivity contribution < 1.29 is 4.42 Å². The summed E-state index contributed by atoms with van der Waals surface area (Å²) in [5, 5.41) is 8.42. The molecule has 0 bridgehead atoms. The van der Waals surface area contributed by atoms with Gasteiger partial charge in [-0.2, -0.15) is 0 Å². The van der Waals surface area contributed by atoms with Crippen molar-refractivity contribution in [3.05, 3.63) is 223 Å². The molecule has 0 saturated carbocycles. The van der Waals surface area contributed by atoms with Crippen LogP contribution in [0.1, 0.15) is 41.5 Å². The summed E-state index contributed by atoms with van der Waals surface area (Å²) in [7, 11) is 0. The smallest absolute Gasteiger partial charge is 0.143 e. The molecule has 1 N–H and O–H groups in total. The van der Waals surface area contributed by atoms with E-state index in [0.29, 0.717) is 0 Å². The van der Waals surface area contributed by atoms with Gasteiger partial charge in [0, 0.05) is 27.8 Å². The summed E-state index contributed by atoms with van der Waals surface area (Å²) in [6.45, 7) is 0. The van der Waals surface area contributed by atoms with Crippen LogP contribution in [0, 0.1) is 5.92 Å². The fourth-order valence-electron chi connectivity index (χ4n) is 9.04. The molecule has 0 saturated heterocycles. The third kappa shape index (κ3) is 6.55. The number of benzene rings is 7. The van der Waals surface area contributed by atoms with Crippen molar-refractivity contribution in [3.63, 3.8) is 0 Å². The van der Waals surface area contributed by atoms with E-state index in [1.165, 1.54) is 38.8 Å². The lowest BCUT2D eigenvalue weighted by molar-refractivity contribution is 0.471. The molecule has 0 fully saturated rings.